The summed E-state index contributed by atoms with van der Waals surface area (Å²) < 4.78 is 33.6. The molecule has 0 unspecified atom stereocenters. The Kier molecular flexibility index (Phi) is 15.2. The molecule has 0 saturated carbocycles. The topological polar surface area (TPSA) is 249 Å². The van der Waals surface area contributed by atoms with Gasteiger partial charge in [-0.25, -0.2) is 19.0 Å². The number of hydrogen-bond donors (Lipinski definition) is 6. The maximum atomic E-state index is 15.5. The van der Waals surface area contributed by atoms with Crippen LogP contribution in [-0.2, 0) is 69.8 Å². The van der Waals surface area contributed by atoms with E-state index in [1.807, 2.05) is 61.6 Å². The zero-order chi connectivity index (χ0) is 54.8. The summed E-state index contributed by atoms with van der Waals surface area (Å²) in [5, 5.41) is 24.9. The molecule has 2 aliphatic carbocycles. The Morgan fingerprint density at radius 2 is 1.55 bits per heavy atom. The first-order valence-electron chi connectivity index (χ1n) is 26.0. The highest BCUT2D eigenvalue weighted by atomic mass is 19.1. The predicted molar refractivity (Wildman–Crippen MR) is 283 cm³/mol. The third-order valence-electron chi connectivity index (χ3n) is 15.4. The molecule has 10 rings (SSSR count). The minimum atomic E-state index is -2.00. The molecule has 2 aliphatic heterocycles. The van der Waals surface area contributed by atoms with Crippen LogP contribution in [0.15, 0.2) is 95.8 Å². The van der Waals surface area contributed by atoms with Crippen molar-refractivity contribution in [3.05, 3.63) is 157 Å². The lowest BCUT2D eigenvalue weighted by Crippen LogP contribution is -2.52. The van der Waals surface area contributed by atoms with Gasteiger partial charge in [-0.1, -0.05) is 85.8 Å². The van der Waals surface area contributed by atoms with Gasteiger partial charge in [0.1, 0.15) is 38.3 Å². The van der Waals surface area contributed by atoms with Gasteiger partial charge in [-0.15, -0.1) is 0 Å². The van der Waals surface area contributed by atoms with Crippen LogP contribution in [0.3, 0.4) is 0 Å². The van der Waals surface area contributed by atoms with E-state index >= 15 is 4.39 Å². The predicted octanol–water partition coefficient (Wildman–Crippen LogP) is 4.04. The summed E-state index contributed by atoms with van der Waals surface area (Å²) >= 11 is 0. The van der Waals surface area contributed by atoms with Gasteiger partial charge in [0.25, 0.3) is 5.56 Å². The summed E-state index contributed by atoms with van der Waals surface area (Å²) in [5.74, 6) is -3.91. The van der Waals surface area contributed by atoms with Crippen molar-refractivity contribution in [3.63, 3.8) is 0 Å². The Bertz CT molecular complexity index is 3420. The monoisotopic (exact) mass is 1060 g/mol. The molecule has 5 amide bonds. The van der Waals surface area contributed by atoms with E-state index in [2.05, 4.69) is 31.5 Å². The molecule has 19 nitrogen and oxygen atoms in total. The van der Waals surface area contributed by atoms with Gasteiger partial charge in [0.05, 0.1) is 48.7 Å². The number of likely N-dealkylation sites (N-methyl/N-ethyl adjacent to an activating group) is 1. The van der Waals surface area contributed by atoms with E-state index < -0.39 is 72.5 Å². The Balaban J connectivity index is 0.699. The van der Waals surface area contributed by atoms with Crippen molar-refractivity contribution < 1.29 is 52.5 Å². The Hall–Kier alpha value is -8.33. The molecule has 4 aliphatic rings. The fraction of sp³-hybridized carbons (Fsp3) is 0.345. The van der Waals surface area contributed by atoms with E-state index in [1.54, 1.807) is 48.7 Å². The zero-order valence-electron chi connectivity index (χ0n) is 43.3. The molecular weight excluding hydrogens is 1000 g/mol. The second kappa shape index (κ2) is 22.3. The minimum Gasteiger partial charge on any atom is -0.458 e. The van der Waals surface area contributed by atoms with Gasteiger partial charge in [-0.05, 0) is 83.8 Å². The van der Waals surface area contributed by atoms with E-state index in [-0.39, 0.29) is 74.8 Å². The smallest absolute Gasteiger partial charge is 0.407 e. The molecule has 2 aromatic heterocycles. The first kappa shape index (κ1) is 53.1. The number of nitrogens with one attached hydrogen (secondary N) is 5. The number of hydrogen-bond acceptors (Lipinski definition) is 13. The van der Waals surface area contributed by atoms with Gasteiger partial charge in [0, 0.05) is 47.5 Å². The van der Waals surface area contributed by atoms with Crippen LogP contribution in [0, 0.1) is 12.7 Å². The molecule has 0 saturated heterocycles. The number of aromatic nitrogens is 2. The molecule has 0 bridgehead atoms. The van der Waals surface area contributed by atoms with Crippen LogP contribution in [0.1, 0.15) is 81.8 Å². The minimum absolute atomic E-state index is 0.00620. The molecule has 4 heterocycles. The van der Waals surface area contributed by atoms with Crippen LogP contribution in [-0.4, -0.2) is 114 Å². The number of aryl methyl sites for hydroxylation is 1. The number of alkyl carbamates (subject to hydrolysis) is 1. The van der Waals surface area contributed by atoms with Crippen molar-refractivity contribution in [1.82, 2.24) is 41.0 Å². The van der Waals surface area contributed by atoms with Crippen molar-refractivity contribution in [2.75, 3.05) is 53.2 Å². The Morgan fingerprint density at radius 3 is 2.28 bits per heavy atom. The molecule has 20 heteroatoms. The number of ether oxygens (including phenoxy) is 3. The number of aliphatic hydroxyl groups is 1. The SMILES string of the molecule is CC[C@@]1(O)C(=O)OCc2c1cc1n(c2=O)Cc2c-1nc1cc(F)c(C)c3c1c2[C@@H](N(C)CCOCNC(=O)CNC(=O)[C@H](Cc1ccccc1)NC(=O)CNC(=O)CNC(=O)OCC1c2ccccc2-c2ccccc21)CC3. The lowest BCUT2D eigenvalue weighted by atomic mass is 9.81. The largest absolute Gasteiger partial charge is 0.458 e. The van der Waals surface area contributed by atoms with Crippen molar-refractivity contribution in [1.29, 1.82) is 0 Å². The number of benzene rings is 4. The third kappa shape index (κ3) is 10.3. The molecule has 0 spiro atoms. The summed E-state index contributed by atoms with van der Waals surface area (Å²) in [6.07, 6.45) is 0.480. The number of rotatable bonds is 19. The van der Waals surface area contributed by atoms with Crippen molar-refractivity contribution in [2.45, 2.75) is 76.3 Å². The van der Waals surface area contributed by atoms with Crippen LogP contribution >= 0.6 is 0 Å². The number of fused-ring (bicyclic) bond motifs is 8. The van der Waals surface area contributed by atoms with E-state index in [9.17, 15) is 38.7 Å². The van der Waals surface area contributed by atoms with Crippen LogP contribution in [0.5, 0.6) is 0 Å². The van der Waals surface area contributed by atoms with E-state index in [4.69, 9.17) is 19.2 Å². The molecule has 6 N–H and O–H groups in total. The van der Waals surface area contributed by atoms with Crippen molar-refractivity contribution >= 4 is 46.6 Å². The Morgan fingerprint density at radius 1 is 0.872 bits per heavy atom. The van der Waals surface area contributed by atoms with Gasteiger partial charge in [-0.3, -0.25) is 28.9 Å². The second-order valence-corrected chi connectivity index (χ2v) is 20.0. The standard InChI is InChI=1S/C58H59FN8O11/c1-4-58(75)42-23-47-53-39(28-67(47)55(72)41(42)30-77-56(58)73)52-46(19-18-34-32(2)43(59)24-44(65-53)51(34)52)66(3)20-21-76-31-63-49(69)25-61-54(71)45(22-33-12-6-5-7-13-33)64-50(70)27-60-48(68)26-62-57(74)78-29-40-37-16-10-8-14-35(37)36-15-9-11-17-38(36)40/h5-17,23-24,40,45-46,75H,4,18-22,25-31H2,1-3H3,(H,60,68)(H,61,71)(H,62,74)(H,63,69)(H,64,70)/t45-,46-,58-/m0/s1. The lowest BCUT2D eigenvalue weighted by molar-refractivity contribution is -0.172. The first-order valence-corrected chi connectivity index (χ1v) is 26.0. The molecule has 0 fully saturated rings. The summed E-state index contributed by atoms with van der Waals surface area (Å²) in [5.41, 5.74) is 7.41. The summed E-state index contributed by atoms with van der Waals surface area (Å²) in [6.45, 7) is 2.40. The third-order valence-corrected chi connectivity index (χ3v) is 15.4. The number of nitrogens with zero attached hydrogens (tertiary/aromatic N) is 3. The maximum absolute atomic E-state index is 15.5. The first-order chi connectivity index (χ1) is 37.6. The zero-order valence-corrected chi connectivity index (χ0v) is 43.3. The number of esters is 1. The number of amides is 5. The van der Waals surface area contributed by atoms with E-state index in [1.165, 1.54) is 6.07 Å². The van der Waals surface area contributed by atoms with E-state index in [0.29, 0.717) is 41.9 Å². The number of carbonyl (C=O) groups excluding carboxylic acids is 6. The number of halogens is 1. The number of pyridine rings is 2. The lowest BCUT2D eigenvalue weighted by Gasteiger charge is -2.35. The molecule has 4 aromatic carbocycles. The fourth-order valence-corrected chi connectivity index (χ4v) is 11.2. The number of cyclic esters (lactones) is 1. The van der Waals surface area contributed by atoms with Crippen molar-refractivity contribution in [2.24, 2.45) is 0 Å². The van der Waals surface area contributed by atoms with Gasteiger partial charge in [0.15, 0.2) is 5.60 Å². The quantitative estimate of drug-likeness (QED) is 0.0381. The normalized spacial score (nSPS) is 16.9. The fourth-order valence-electron chi connectivity index (χ4n) is 11.2. The highest BCUT2D eigenvalue weighted by Crippen LogP contribution is 2.48. The van der Waals surface area contributed by atoms with Crippen LogP contribution < -0.4 is 32.1 Å². The van der Waals surface area contributed by atoms with Crippen LogP contribution in [0.25, 0.3) is 33.4 Å². The summed E-state index contributed by atoms with van der Waals surface area (Å²) in [4.78, 5) is 98.7. The summed E-state index contributed by atoms with van der Waals surface area (Å²) in [7, 11) is 1.94. The molecule has 6 aromatic rings. The van der Waals surface area contributed by atoms with Crippen LogP contribution in [0.4, 0.5) is 9.18 Å². The van der Waals surface area contributed by atoms with Gasteiger partial charge in [-0.2, -0.15) is 0 Å². The average Bonchev–Trinajstić information content (AvgIpc) is 4.15. The molecule has 0 radical (unpaired) electrons. The maximum Gasteiger partial charge on any atom is 0.407 e. The average molecular weight is 1060 g/mol. The number of carbonyl (C=O) groups is 6. The summed E-state index contributed by atoms with van der Waals surface area (Å²) in [6, 6.07) is 26.5. The van der Waals surface area contributed by atoms with Crippen molar-refractivity contribution in [3.8, 4) is 22.5 Å². The molecular formula is C58H59FN8O11. The second-order valence-electron chi connectivity index (χ2n) is 20.0. The van der Waals surface area contributed by atoms with Gasteiger partial charge in [0.2, 0.25) is 23.6 Å². The Labute approximate surface area is 447 Å². The van der Waals surface area contributed by atoms with Gasteiger partial charge >= 0.3 is 12.1 Å². The molecule has 3 atom stereocenters. The highest BCUT2D eigenvalue weighted by Gasteiger charge is 2.46. The van der Waals surface area contributed by atoms with Gasteiger partial charge < -0.3 is 50.5 Å². The van der Waals surface area contributed by atoms with Crippen LogP contribution in [0.2, 0.25) is 0 Å². The highest BCUT2D eigenvalue weighted by molar-refractivity contribution is 5.94. The molecule has 78 heavy (non-hydrogen) atoms. The van der Waals surface area contributed by atoms with E-state index in [0.717, 1.165) is 49.9 Å². The molecule has 404 valence electrons.